The maximum absolute atomic E-state index is 13.4. The minimum atomic E-state index is -4.52. The molecule has 25 heavy (non-hydrogen) atoms. The monoisotopic (exact) mass is 361 g/mol. The molecular weight excluding hydrogens is 342 g/mol. The molecule has 2 rings (SSSR count). The van der Waals surface area contributed by atoms with E-state index in [1.807, 2.05) is 0 Å². The van der Waals surface area contributed by atoms with Gasteiger partial charge in [0, 0.05) is 31.9 Å². The molecule has 0 unspecified atom stereocenters. The summed E-state index contributed by atoms with van der Waals surface area (Å²) in [6.45, 7) is 2.53. The third kappa shape index (κ3) is 6.00. The second kappa shape index (κ2) is 7.81. The molecule has 1 aromatic carbocycles. The van der Waals surface area contributed by atoms with Crippen LogP contribution in [-0.2, 0) is 9.59 Å². The number of hydrogen-bond donors (Lipinski definition) is 1. The number of nitrogens with one attached hydrogen (secondary N) is 1. The summed E-state index contributed by atoms with van der Waals surface area (Å²) in [5.74, 6) is -1.72. The van der Waals surface area contributed by atoms with Gasteiger partial charge in [-0.15, -0.1) is 0 Å². The van der Waals surface area contributed by atoms with E-state index in [1.165, 1.54) is 6.07 Å². The molecule has 1 N–H and O–H groups in total. The molecule has 1 aromatic rings. The van der Waals surface area contributed by atoms with Crippen molar-refractivity contribution in [3.8, 4) is 0 Å². The number of carbonyl (C=O) groups excluding carboxylic acids is 2. The van der Waals surface area contributed by atoms with Crippen LogP contribution in [0.4, 0.5) is 23.2 Å². The Morgan fingerprint density at radius 3 is 2.36 bits per heavy atom. The lowest BCUT2D eigenvalue weighted by atomic mass is 10.2. The van der Waals surface area contributed by atoms with Gasteiger partial charge in [-0.25, -0.2) is 4.39 Å². The van der Waals surface area contributed by atoms with Crippen LogP contribution in [0.3, 0.4) is 0 Å². The Bertz CT molecular complexity index is 641. The van der Waals surface area contributed by atoms with Crippen molar-refractivity contribution < 1.29 is 27.2 Å². The zero-order valence-electron chi connectivity index (χ0n) is 13.7. The summed E-state index contributed by atoms with van der Waals surface area (Å²) in [6, 6.07) is 4.36. The number of aryl methyl sites for hydroxylation is 1. The average Bonchev–Trinajstić information content (AvgIpc) is 2.50. The van der Waals surface area contributed by atoms with Crippen LogP contribution in [0.25, 0.3) is 0 Å². The molecule has 1 heterocycles. The van der Waals surface area contributed by atoms with E-state index in [2.05, 4.69) is 5.32 Å². The van der Waals surface area contributed by atoms with Gasteiger partial charge in [-0.1, -0.05) is 6.07 Å². The molecule has 0 bridgehead atoms. The van der Waals surface area contributed by atoms with Gasteiger partial charge in [-0.3, -0.25) is 14.5 Å². The van der Waals surface area contributed by atoms with E-state index >= 15 is 0 Å². The van der Waals surface area contributed by atoms with Crippen molar-refractivity contribution in [2.75, 3.05) is 38.0 Å². The summed E-state index contributed by atoms with van der Waals surface area (Å²) in [4.78, 5) is 26.4. The normalized spacial score (nSPS) is 16.0. The predicted molar refractivity (Wildman–Crippen MR) is 83.5 cm³/mol. The molecule has 0 spiro atoms. The van der Waals surface area contributed by atoms with Gasteiger partial charge in [0.1, 0.15) is 12.2 Å². The van der Waals surface area contributed by atoms with Crippen molar-refractivity contribution >= 4 is 17.5 Å². The Kier molecular flexibility index (Phi) is 5.99. The molecular formula is C16H19F4N3O2. The van der Waals surface area contributed by atoms with Crippen molar-refractivity contribution in [1.82, 2.24) is 9.80 Å². The van der Waals surface area contributed by atoms with Gasteiger partial charge in [0.25, 0.3) is 0 Å². The first-order valence-electron chi connectivity index (χ1n) is 7.77. The Hall–Kier alpha value is -2.16. The zero-order valence-corrected chi connectivity index (χ0v) is 13.7. The Labute approximate surface area is 142 Å². The van der Waals surface area contributed by atoms with Gasteiger partial charge < -0.3 is 10.2 Å². The largest absolute Gasteiger partial charge is 0.397 e. The fourth-order valence-electron chi connectivity index (χ4n) is 2.51. The van der Waals surface area contributed by atoms with Gasteiger partial charge >= 0.3 is 6.18 Å². The highest BCUT2D eigenvalue weighted by Crippen LogP contribution is 2.21. The minimum Gasteiger partial charge on any atom is -0.340 e. The maximum Gasteiger partial charge on any atom is 0.397 e. The number of anilines is 1. The number of halogens is 4. The first-order chi connectivity index (χ1) is 11.6. The van der Waals surface area contributed by atoms with Crippen molar-refractivity contribution in [1.29, 1.82) is 0 Å². The molecule has 0 aliphatic carbocycles. The first kappa shape index (κ1) is 19.2. The van der Waals surface area contributed by atoms with E-state index < -0.39 is 24.3 Å². The standard InChI is InChI=1S/C16H19F4N3O2/c1-11-2-3-12(8-13(11)17)21-14(24)10-22-4-6-23(7-5-22)15(25)9-16(18,19)20/h2-3,8H,4-7,9-10H2,1H3,(H,21,24). The molecule has 0 radical (unpaired) electrons. The second-order valence-electron chi connectivity index (χ2n) is 5.96. The number of carbonyl (C=O) groups is 2. The number of rotatable bonds is 4. The quantitative estimate of drug-likeness (QED) is 0.837. The average molecular weight is 361 g/mol. The topological polar surface area (TPSA) is 52.7 Å². The number of amides is 2. The summed E-state index contributed by atoms with van der Waals surface area (Å²) in [6.07, 6.45) is -5.98. The van der Waals surface area contributed by atoms with E-state index in [-0.39, 0.29) is 25.5 Å². The zero-order chi connectivity index (χ0) is 18.6. The first-order valence-corrected chi connectivity index (χ1v) is 7.77. The Balaban J connectivity index is 1.78. The highest BCUT2D eigenvalue weighted by molar-refractivity contribution is 5.92. The fourth-order valence-corrected chi connectivity index (χ4v) is 2.51. The van der Waals surface area contributed by atoms with Gasteiger partial charge in [0.15, 0.2) is 0 Å². The number of alkyl halides is 3. The van der Waals surface area contributed by atoms with Crippen molar-refractivity contribution in [2.24, 2.45) is 0 Å². The summed E-state index contributed by atoms with van der Waals surface area (Å²) in [7, 11) is 0. The molecule has 138 valence electrons. The van der Waals surface area contributed by atoms with Crippen molar-refractivity contribution in [3.05, 3.63) is 29.6 Å². The maximum atomic E-state index is 13.4. The third-order valence-corrected chi connectivity index (χ3v) is 3.90. The number of hydrogen-bond acceptors (Lipinski definition) is 3. The molecule has 1 fully saturated rings. The lowest BCUT2D eigenvalue weighted by molar-refractivity contribution is -0.162. The van der Waals surface area contributed by atoms with Crippen molar-refractivity contribution in [2.45, 2.75) is 19.5 Å². The highest BCUT2D eigenvalue weighted by Gasteiger charge is 2.34. The Morgan fingerprint density at radius 1 is 1.16 bits per heavy atom. The SMILES string of the molecule is Cc1ccc(NC(=O)CN2CCN(C(=O)CC(F)(F)F)CC2)cc1F. The molecule has 0 atom stereocenters. The van der Waals surface area contributed by atoms with Crippen LogP contribution in [0, 0.1) is 12.7 Å². The van der Waals surface area contributed by atoms with Crippen LogP contribution < -0.4 is 5.32 Å². The van der Waals surface area contributed by atoms with Crippen LogP contribution in [-0.4, -0.2) is 60.5 Å². The molecule has 0 aromatic heterocycles. The summed E-state index contributed by atoms with van der Waals surface area (Å²) in [5.41, 5.74) is 0.810. The van der Waals surface area contributed by atoms with Gasteiger partial charge in [-0.05, 0) is 24.6 Å². The van der Waals surface area contributed by atoms with Crippen LogP contribution in [0.15, 0.2) is 18.2 Å². The highest BCUT2D eigenvalue weighted by atomic mass is 19.4. The molecule has 5 nitrogen and oxygen atoms in total. The summed E-state index contributed by atoms with van der Waals surface area (Å²) >= 11 is 0. The van der Waals surface area contributed by atoms with E-state index in [1.54, 1.807) is 24.0 Å². The minimum absolute atomic E-state index is 0.0246. The molecule has 2 amide bonds. The van der Waals surface area contributed by atoms with Crippen LogP contribution in [0.1, 0.15) is 12.0 Å². The molecule has 1 saturated heterocycles. The van der Waals surface area contributed by atoms with Crippen LogP contribution >= 0.6 is 0 Å². The van der Waals surface area contributed by atoms with Crippen molar-refractivity contribution in [3.63, 3.8) is 0 Å². The fraction of sp³-hybridized carbons (Fsp3) is 0.500. The van der Waals surface area contributed by atoms with Gasteiger partial charge in [0.05, 0.1) is 6.54 Å². The smallest absolute Gasteiger partial charge is 0.340 e. The van der Waals surface area contributed by atoms with Crippen LogP contribution in [0.2, 0.25) is 0 Å². The number of piperazine rings is 1. The number of benzene rings is 1. The van der Waals surface area contributed by atoms with Gasteiger partial charge in [-0.2, -0.15) is 13.2 Å². The third-order valence-electron chi connectivity index (χ3n) is 3.90. The van der Waals surface area contributed by atoms with E-state index in [9.17, 15) is 27.2 Å². The van der Waals surface area contributed by atoms with E-state index in [0.29, 0.717) is 24.3 Å². The summed E-state index contributed by atoms with van der Waals surface area (Å²) < 4.78 is 50.1. The lowest BCUT2D eigenvalue weighted by Gasteiger charge is -2.34. The molecule has 1 aliphatic heterocycles. The molecule has 0 saturated carbocycles. The second-order valence-corrected chi connectivity index (χ2v) is 5.96. The molecule has 9 heteroatoms. The Morgan fingerprint density at radius 2 is 1.80 bits per heavy atom. The predicted octanol–water partition coefficient (Wildman–Crippen LogP) is 2.17. The summed E-state index contributed by atoms with van der Waals surface area (Å²) in [5, 5.41) is 2.57. The van der Waals surface area contributed by atoms with E-state index in [0.717, 1.165) is 4.90 Å². The molecule has 1 aliphatic rings. The van der Waals surface area contributed by atoms with E-state index in [4.69, 9.17) is 0 Å². The number of nitrogens with zero attached hydrogens (tertiary/aromatic N) is 2. The van der Waals surface area contributed by atoms with Crippen LogP contribution in [0.5, 0.6) is 0 Å². The van der Waals surface area contributed by atoms with Gasteiger partial charge in [0.2, 0.25) is 11.8 Å². The lowest BCUT2D eigenvalue weighted by Crippen LogP contribution is -2.51.